The van der Waals surface area contributed by atoms with Crippen LogP contribution in [0.15, 0.2) is 18.3 Å². The number of hydrogen-bond donors (Lipinski definition) is 1. The standard InChI is InChI=1S/C14H22ClN3/c1-11(2)9-13(18-7-5-16-6-8-18)12-3-4-14(15)17-10-12/h3-4,10-11,13,16H,5-9H2,1-2H3/t13-/m1/s1. The maximum Gasteiger partial charge on any atom is 0.129 e. The molecule has 1 saturated heterocycles. The predicted molar refractivity (Wildman–Crippen MR) is 75.9 cm³/mol. The quantitative estimate of drug-likeness (QED) is 0.851. The van der Waals surface area contributed by atoms with Crippen LogP contribution in [0, 0.1) is 5.92 Å². The van der Waals surface area contributed by atoms with E-state index in [0.717, 1.165) is 26.2 Å². The highest BCUT2D eigenvalue weighted by Crippen LogP contribution is 2.28. The Kier molecular flexibility index (Phi) is 4.98. The SMILES string of the molecule is CC(C)C[C@H](c1ccc(Cl)nc1)N1CCNCC1. The van der Waals surface area contributed by atoms with E-state index < -0.39 is 0 Å². The van der Waals surface area contributed by atoms with Crippen LogP contribution >= 0.6 is 11.6 Å². The molecule has 0 spiro atoms. The monoisotopic (exact) mass is 267 g/mol. The minimum Gasteiger partial charge on any atom is -0.314 e. The number of hydrogen-bond acceptors (Lipinski definition) is 3. The summed E-state index contributed by atoms with van der Waals surface area (Å²) in [6, 6.07) is 4.48. The second kappa shape index (κ2) is 6.50. The van der Waals surface area contributed by atoms with Gasteiger partial charge in [-0.2, -0.15) is 0 Å². The normalized spacial score (nSPS) is 19.1. The highest BCUT2D eigenvalue weighted by Gasteiger charge is 2.23. The summed E-state index contributed by atoms with van der Waals surface area (Å²) in [6.07, 6.45) is 3.10. The molecule has 0 unspecified atom stereocenters. The summed E-state index contributed by atoms with van der Waals surface area (Å²) in [4.78, 5) is 6.78. The molecule has 3 nitrogen and oxygen atoms in total. The molecule has 2 heterocycles. The van der Waals surface area contributed by atoms with Crippen LogP contribution in [0.5, 0.6) is 0 Å². The Balaban J connectivity index is 2.15. The molecule has 1 aliphatic rings. The van der Waals surface area contributed by atoms with E-state index in [9.17, 15) is 0 Å². The third-order valence-electron chi connectivity index (χ3n) is 3.42. The van der Waals surface area contributed by atoms with Gasteiger partial charge in [0.05, 0.1) is 0 Å². The zero-order valence-corrected chi connectivity index (χ0v) is 12.0. The Morgan fingerprint density at radius 3 is 2.61 bits per heavy atom. The number of pyridine rings is 1. The van der Waals surface area contributed by atoms with Gasteiger partial charge in [-0.05, 0) is 24.0 Å². The maximum absolute atomic E-state index is 5.87. The van der Waals surface area contributed by atoms with Crippen molar-refractivity contribution in [1.82, 2.24) is 15.2 Å². The van der Waals surface area contributed by atoms with Crippen molar-refractivity contribution in [3.05, 3.63) is 29.0 Å². The van der Waals surface area contributed by atoms with Crippen LogP contribution in [-0.4, -0.2) is 36.1 Å². The Morgan fingerprint density at radius 2 is 2.06 bits per heavy atom. The first-order chi connectivity index (χ1) is 8.66. The lowest BCUT2D eigenvalue weighted by Crippen LogP contribution is -2.45. The summed E-state index contributed by atoms with van der Waals surface area (Å²) in [5.74, 6) is 0.681. The molecule has 2 rings (SSSR count). The molecule has 18 heavy (non-hydrogen) atoms. The average Bonchev–Trinajstić information content (AvgIpc) is 2.38. The van der Waals surface area contributed by atoms with E-state index in [4.69, 9.17) is 11.6 Å². The molecule has 1 aliphatic heterocycles. The third-order valence-corrected chi connectivity index (χ3v) is 3.65. The number of nitrogens with one attached hydrogen (secondary N) is 1. The summed E-state index contributed by atoms with van der Waals surface area (Å²) < 4.78 is 0. The molecular weight excluding hydrogens is 246 g/mol. The number of rotatable bonds is 4. The molecule has 1 atom stereocenters. The molecule has 0 saturated carbocycles. The van der Waals surface area contributed by atoms with Crippen LogP contribution < -0.4 is 5.32 Å². The lowest BCUT2D eigenvalue weighted by molar-refractivity contribution is 0.154. The van der Waals surface area contributed by atoms with E-state index in [1.54, 1.807) is 0 Å². The minimum absolute atomic E-state index is 0.469. The molecule has 1 fully saturated rings. The van der Waals surface area contributed by atoms with Crippen molar-refractivity contribution < 1.29 is 0 Å². The Morgan fingerprint density at radius 1 is 1.33 bits per heavy atom. The average molecular weight is 268 g/mol. The second-order valence-electron chi connectivity index (χ2n) is 5.35. The highest BCUT2D eigenvalue weighted by molar-refractivity contribution is 6.29. The van der Waals surface area contributed by atoms with Crippen LogP contribution in [0.25, 0.3) is 0 Å². The molecule has 0 bridgehead atoms. The summed E-state index contributed by atoms with van der Waals surface area (Å²) in [5.41, 5.74) is 1.29. The van der Waals surface area contributed by atoms with Crippen LogP contribution in [0.2, 0.25) is 5.15 Å². The maximum atomic E-state index is 5.87. The molecule has 100 valence electrons. The molecular formula is C14H22ClN3. The molecule has 0 amide bonds. The van der Waals surface area contributed by atoms with Gasteiger partial charge in [0, 0.05) is 38.4 Å². The van der Waals surface area contributed by atoms with Gasteiger partial charge in [-0.15, -0.1) is 0 Å². The van der Waals surface area contributed by atoms with Gasteiger partial charge < -0.3 is 5.32 Å². The molecule has 1 aromatic heterocycles. The first-order valence-electron chi connectivity index (χ1n) is 6.73. The molecule has 4 heteroatoms. The summed E-state index contributed by atoms with van der Waals surface area (Å²) in [5, 5.41) is 3.98. The third kappa shape index (κ3) is 3.67. The van der Waals surface area contributed by atoms with Gasteiger partial charge >= 0.3 is 0 Å². The van der Waals surface area contributed by atoms with E-state index in [0.29, 0.717) is 17.1 Å². The molecule has 0 aliphatic carbocycles. The van der Waals surface area contributed by atoms with Crippen molar-refractivity contribution in [3.8, 4) is 0 Å². The van der Waals surface area contributed by atoms with Gasteiger partial charge in [-0.1, -0.05) is 31.5 Å². The molecule has 1 aromatic rings. The fraction of sp³-hybridized carbons (Fsp3) is 0.643. The predicted octanol–water partition coefficient (Wildman–Crippen LogP) is 2.73. The van der Waals surface area contributed by atoms with E-state index in [-0.39, 0.29) is 0 Å². The van der Waals surface area contributed by atoms with Crippen LogP contribution in [0.1, 0.15) is 31.9 Å². The van der Waals surface area contributed by atoms with Crippen LogP contribution in [0.3, 0.4) is 0 Å². The smallest absolute Gasteiger partial charge is 0.129 e. The zero-order valence-electron chi connectivity index (χ0n) is 11.2. The lowest BCUT2D eigenvalue weighted by atomic mass is 9.96. The van der Waals surface area contributed by atoms with E-state index in [1.807, 2.05) is 12.3 Å². The highest BCUT2D eigenvalue weighted by atomic mass is 35.5. The van der Waals surface area contributed by atoms with Crippen LogP contribution in [-0.2, 0) is 0 Å². The summed E-state index contributed by atoms with van der Waals surface area (Å²) >= 11 is 5.87. The Labute approximate surface area is 115 Å². The van der Waals surface area contributed by atoms with Gasteiger partial charge in [-0.25, -0.2) is 4.98 Å². The molecule has 0 aromatic carbocycles. The Hall–Kier alpha value is -0.640. The van der Waals surface area contributed by atoms with E-state index in [1.165, 1.54) is 12.0 Å². The minimum atomic E-state index is 0.469. The fourth-order valence-corrected chi connectivity index (χ4v) is 2.63. The largest absolute Gasteiger partial charge is 0.314 e. The van der Waals surface area contributed by atoms with Gasteiger partial charge in [0.1, 0.15) is 5.15 Å². The van der Waals surface area contributed by atoms with E-state index in [2.05, 4.69) is 35.1 Å². The number of piperazine rings is 1. The topological polar surface area (TPSA) is 28.2 Å². The van der Waals surface area contributed by atoms with Crippen molar-refractivity contribution in [2.75, 3.05) is 26.2 Å². The summed E-state index contributed by atoms with van der Waals surface area (Å²) in [7, 11) is 0. The molecule has 1 N–H and O–H groups in total. The van der Waals surface area contributed by atoms with Crippen LogP contribution in [0.4, 0.5) is 0 Å². The van der Waals surface area contributed by atoms with Crippen molar-refractivity contribution in [2.24, 2.45) is 5.92 Å². The van der Waals surface area contributed by atoms with Crippen molar-refractivity contribution >= 4 is 11.6 Å². The summed E-state index contributed by atoms with van der Waals surface area (Å²) in [6.45, 7) is 8.93. The first-order valence-corrected chi connectivity index (χ1v) is 7.11. The number of aromatic nitrogens is 1. The Bertz CT molecular complexity index is 358. The van der Waals surface area contributed by atoms with Gasteiger partial charge in [0.15, 0.2) is 0 Å². The number of nitrogens with zero attached hydrogens (tertiary/aromatic N) is 2. The zero-order chi connectivity index (χ0) is 13.0. The van der Waals surface area contributed by atoms with Crippen molar-refractivity contribution in [3.63, 3.8) is 0 Å². The first kappa shape index (κ1) is 13.8. The van der Waals surface area contributed by atoms with Gasteiger partial charge in [0.25, 0.3) is 0 Å². The lowest BCUT2D eigenvalue weighted by Gasteiger charge is -2.36. The van der Waals surface area contributed by atoms with Gasteiger partial charge in [-0.3, -0.25) is 4.90 Å². The number of halogens is 1. The van der Waals surface area contributed by atoms with Crippen molar-refractivity contribution in [2.45, 2.75) is 26.3 Å². The molecule has 0 radical (unpaired) electrons. The second-order valence-corrected chi connectivity index (χ2v) is 5.73. The van der Waals surface area contributed by atoms with E-state index >= 15 is 0 Å². The van der Waals surface area contributed by atoms with Gasteiger partial charge in [0.2, 0.25) is 0 Å². The fourth-order valence-electron chi connectivity index (χ4n) is 2.52. The van der Waals surface area contributed by atoms with Crippen molar-refractivity contribution in [1.29, 1.82) is 0 Å².